The summed E-state index contributed by atoms with van der Waals surface area (Å²) < 4.78 is 0. The Balaban J connectivity index is 1.43. The topological polar surface area (TPSA) is 0 Å². The minimum atomic E-state index is 1.02. The average Bonchev–Trinajstić information content (AvgIpc) is 2.55. The minimum absolute atomic E-state index is 1.02. The molecular weight excluding hydrogens is 264 g/mol. The van der Waals surface area contributed by atoms with Crippen molar-refractivity contribution in [3.8, 4) is 0 Å². The summed E-state index contributed by atoms with van der Waals surface area (Å²) in [5.41, 5.74) is 0. The van der Waals surface area contributed by atoms with Crippen LogP contribution in [-0.4, -0.2) is 0 Å². The third-order valence-electron chi connectivity index (χ3n) is 7.71. The largest absolute Gasteiger partial charge is 0.0654 e. The molecule has 0 amide bonds. The van der Waals surface area contributed by atoms with Gasteiger partial charge in [0.25, 0.3) is 0 Å². The number of rotatable bonds is 5. The average molecular weight is 305 g/mol. The zero-order valence-electron chi connectivity index (χ0n) is 15.4. The Morgan fingerprint density at radius 3 is 1.95 bits per heavy atom. The molecule has 3 aliphatic carbocycles. The van der Waals surface area contributed by atoms with E-state index in [4.69, 9.17) is 0 Å². The smallest absolute Gasteiger partial charge is 0.0383 e. The number of unbranched alkanes of at least 4 members (excludes halogenated alkanes) is 2. The Kier molecular flexibility index (Phi) is 6.28. The first-order chi connectivity index (χ1) is 10.8. The van der Waals surface area contributed by atoms with E-state index in [2.05, 4.69) is 13.8 Å². The van der Waals surface area contributed by atoms with Gasteiger partial charge in [-0.15, -0.1) is 0 Å². The lowest BCUT2D eigenvalue weighted by atomic mass is 9.60. The molecule has 0 heteroatoms. The fourth-order valence-corrected chi connectivity index (χ4v) is 6.15. The lowest BCUT2D eigenvalue weighted by Gasteiger charge is -2.45. The van der Waals surface area contributed by atoms with Crippen LogP contribution in [0, 0.1) is 35.5 Å². The van der Waals surface area contributed by atoms with Crippen molar-refractivity contribution >= 4 is 0 Å². The monoisotopic (exact) mass is 304 g/mol. The van der Waals surface area contributed by atoms with Crippen LogP contribution < -0.4 is 0 Å². The van der Waals surface area contributed by atoms with Crippen LogP contribution in [0.5, 0.6) is 0 Å². The molecule has 0 N–H and O–H groups in total. The fourth-order valence-electron chi connectivity index (χ4n) is 6.15. The van der Waals surface area contributed by atoms with E-state index in [0.29, 0.717) is 0 Å². The van der Waals surface area contributed by atoms with Gasteiger partial charge in [-0.05, 0) is 80.5 Å². The zero-order valence-corrected chi connectivity index (χ0v) is 15.4. The summed E-state index contributed by atoms with van der Waals surface area (Å²) in [6, 6.07) is 0. The quantitative estimate of drug-likeness (QED) is 0.470. The molecule has 22 heavy (non-hydrogen) atoms. The molecule has 128 valence electrons. The van der Waals surface area contributed by atoms with Gasteiger partial charge in [0.2, 0.25) is 0 Å². The van der Waals surface area contributed by atoms with Crippen LogP contribution in [0.25, 0.3) is 0 Å². The summed E-state index contributed by atoms with van der Waals surface area (Å²) in [5, 5.41) is 0. The SMILES string of the molecule is CCCCC[C@H]1CC[C@@H]2C[C@H](C3CCC(C)CC3)CC[C@H]2C1. The van der Waals surface area contributed by atoms with Crippen molar-refractivity contribution in [2.75, 3.05) is 0 Å². The number of fused-ring (bicyclic) bond motifs is 1. The highest BCUT2D eigenvalue weighted by Gasteiger charge is 2.38. The van der Waals surface area contributed by atoms with Gasteiger partial charge in [-0.3, -0.25) is 0 Å². The molecule has 3 fully saturated rings. The Morgan fingerprint density at radius 2 is 1.23 bits per heavy atom. The Hall–Kier alpha value is 0. The van der Waals surface area contributed by atoms with Crippen LogP contribution in [0.4, 0.5) is 0 Å². The third kappa shape index (κ3) is 4.30. The maximum atomic E-state index is 2.47. The molecule has 0 aliphatic heterocycles. The van der Waals surface area contributed by atoms with E-state index in [-0.39, 0.29) is 0 Å². The lowest BCUT2D eigenvalue weighted by molar-refractivity contribution is 0.0590. The number of hydrogen-bond acceptors (Lipinski definition) is 0. The lowest BCUT2D eigenvalue weighted by Crippen LogP contribution is -2.34. The molecule has 0 spiro atoms. The molecule has 0 unspecified atom stereocenters. The van der Waals surface area contributed by atoms with Gasteiger partial charge in [-0.25, -0.2) is 0 Å². The van der Waals surface area contributed by atoms with Crippen LogP contribution in [0.2, 0.25) is 0 Å². The zero-order chi connectivity index (χ0) is 15.4. The van der Waals surface area contributed by atoms with E-state index in [9.17, 15) is 0 Å². The molecule has 0 bridgehead atoms. The third-order valence-corrected chi connectivity index (χ3v) is 7.71. The molecule has 0 aromatic heterocycles. The van der Waals surface area contributed by atoms with Crippen molar-refractivity contribution < 1.29 is 0 Å². The molecular formula is C22H40. The molecule has 0 nitrogen and oxygen atoms in total. The van der Waals surface area contributed by atoms with E-state index >= 15 is 0 Å². The Bertz CT molecular complexity index is 312. The van der Waals surface area contributed by atoms with Gasteiger partial charge >= 0.3 is 0 Å². The van der Waals surface area contributed by atoms with Crippen LogP contribution >= 0.6 is 0 Å². The van der Waals surface area contributed by atoms with Crippen LogP contribution in [-0.2, 0) is 0 Å². The van der Waals surface area contributed by atoms with Gasteiger partial charge < -0.3 is 0 Å². The normalized spacial score (nSPS) is 42.8. The highest BCUT2D eigenvalue weighted by Crippen LogP contribution is 2.49. The Labute approximate surface area is 139 Å². The first-order valence-electron chi connectivity index (χ1n) is 10.8. The second kappa shape index (κ2) is 8.20. The van der Waals surface area contributed by atoms with E-state index in [1.54, 1.807) is 57.8 Å². The molecule has 0 heterocycles. The van der Waals surface area contributed by atoms with Crippen molar-refractivity contribution in [2.24, 2.45) is 35.5 Å². The first-order valence-corrected chi connectivity index (χ1v) is 10.8. The van der Waals surface area contributed by atoms with Gasteiger partial charge in [0.1, 0.15) is 0 Å². The standard InChI is InChI=1S/C22H40/c1-3-4-5-6-18-9-12-22-16-21(14-13-20(22)15-18)19-10-7-17(2)8-11-19/h17-22H,3-16H2,1-2H3/t17?,18-,19?,20-,21+,22+/m0/s1. The number of hydrogen-bond donors (Lipinski definition) is 0. The van der Waals surface area contributed by atoms with E-state index in [0.717, 1.165) is 35.5 Å². The van der Waals surface area contributed by atoms with Crippen LogP contribution in [0.1, 0.15) is 104 Å². The van der Waals surface area contributed by atoms with Crippen LogP contribution in [0.3, 0.4) is 0 Å². The molecule has 3 saturated carbocycles. The first kappa shape index (κ1) is 16.8. The summed E-state index contributed by atoms with van der Waals surface area (Å²) in [4.78, 5) is 0. The molecule has 3 aliphatic rings. The summed E-state index contributed by atoms with van der Waals surface area (Å²) in [7, 11) is 0. The van der Waals surface area contributed by atoms with Crippen molar-refractivity contribution in [1.29, 1.82) is 0 Å². The maximum absolute atomic E-state index is 2.47. The van der Waals surface area contributed by atoms with Gasteiger partial charge in [0.05, 0.1) is 0 Å². The second-order valence-corrected chi connectivity index (χ2v) is 9.29. The minimum Gasteiger partial charge on any atom is -0.0654 e. The summed E-state index contributed by atoms with van der Waals surface area (Å²) in [6.45, 7) is 4.80. The summed E-state index contributed by atoms with van der Waals surface area (Å²) >= 11 is 0. The van der Waals surface area contributed by atoms with Gasteiger partial charge in [0, 0.05) is 0 Å². The van der Waals surface area contributed by atoms with Gasteiger partial charge in [-0.2, -0.15) is 0 Å². The highest BCUT2D eigenvalue weighted by molar-refractivity contribution is 4.89. The van der Waals surface area contributed by atoms with Crippen molar-refractivity contribution in [1.82, 2.24) is 0 Å². The predicted octanol–water partition coefficient (Wildman–Crippen LogP) is 7.23. The fraction of sp³-hybridized carbons (Fsp3) is 1.00. The summed E-state index contributed by atoms with van der Waals surface area (Å²) in [5.74, 6) is 6.59. The van der Waals surface area contributed by atoms with E-state index in [1.807, 2.05) is 0 Å². The van der Waals surface area contributed by atoms with Crippen molar-refractivity contribution in [2.45, 2.75) is 104 Å². The van der Waals surface area contributed by atoms with Gasteiger partial charge in [-0.1, -0.05) is 58.8 Å². The molecule has 0 radical (unpaired) electrons. The summed E-state index contributed by atoms with van der Waals surface area (Å²) in [6.07, 6.45) is 21.6. The van der Waals surface area contributed by atoms with Crippen molar-refractivity contribution in [3.63, 3.8) is 0 Å². The van der Waals surface area contributed by atoms with E-state index < -0.39 is 0 Å². The van der Waals surface area contributed by atoms with E-state index in [1.165, 1.54) is 32.1 Å². The molecule has 3 rings (SSSR count). The van der Waals surface area contributed by atoms with Crippen molar-refractivity contribution in [3.05, 3.63) is 0 Å². The molecule has 0 aromatic rings. The predicted molar refractivity (Wildman–Crippen MR) is 96.9 cm³/mol. The highest BCUT2D eigenvalue weighted by atomic mass is 14.4. The maximum Gasteiger partial charge on any atom is -0.0383 e. The molecule has 4 atom stereocenters. The molecule has 0 aromatic carbocycles. The van der Waals surface area contributed by atoms with Crippen LogP contribution in [0.15, 0.2) is 0 Å². The Morgan fingerprint density at radius 1 is 0.636 bits per heavy atom. The second-order valence-electron chi connectivity index (χ2n) is 9.29. The molecule has 0 saturated heterocycles. The van der Waals surface area contributed by atoms with Gasteiger partial charge in [0.15, 0.2) is 0 Å².